The quantitative estimate of drug-likeness (QED) is 0.854. The molecule has 1 saturated heterocycles. The van der Waals surface area contributed by atoms with Crippen molar-refractivity contribution in [3.8, 4) is 5.75 Å². The fourth-order valence-electron chi connectivity index (χ4n) is 2.61. The van der Waals surface area contributed by atoms with E-state index in [0.29, 0.717) is 18.8 Å². The van der Waals surface area contributed by atoms with Gasteiger partial charge in [0.05, 0.1) is 19.3 Å². The second-order valence-corrected chi connectivity index (χ2v) is 7.32. The Morgan fingerprint density at radius 2 is 1.90 bits per heavy atom. The number of methoxy groups -OCH3 is 1. The van der Waals surface area contributed by atoms with Crippen molar-refractivity contribution < 1.29 is 17.9 Å². The van der Waals surface area contributed by atoms with Gasteiger partial charge in [-0.15, -0.1) is 0 Å². The molecule has 1 aromatic rings. The van der Waals surface area contributed by atoms with E-state index >= 15 is 0 Å². The molecule has 0 radical (unpaired) electrons. The lowest BCUT2D eigenvalue weighted by molar-refractivity contribution is -0.0441. The first-order valence-electron chi connectivity index (χ1n) is 7.21. The van der Waals surface area contributed by atoms with Gasteiger partial charge in [-0.05, 0) is 38.0 Å². The Morgan fingerprint density at radius 3 is 2.43 bits per heavy atom. The third-order valence-electron chi connectivity index (χ3n) is 3.64. The highest BCUT2D eigenvalue weighted by Gasteiger charge is 2.34. The van der Waals surface area contributed by atoms with E-state index in [0.717, 1.165) is 12.0 Å². The van der Waals surface area contributed by atoms with Gasteiger partial charge in [0.1, 0.15) is 10.6 Å². The largest absolute Gasteiger partial charge is 0.495 e. The molecule has 6 heteroatoms. The Labute approximate surface area is 126 Å². The molecular formula is C15H23NO4S. The van der Waals surface area contributed by atoms with E-state index in [4.69, 9.17) is 9.47 Å². The molecule has 1 aliphatic rings. The molecule has 21 heavy (non-hydrogen) atoms. The summed E-state index contributed by atoms with van der Waals surface area (Å²) < 4.78 is 38.2. The van der Waals surface area contributed by atoms with Crippen LogP contribution in [0.4, 0.5) is 0 Å². The maximum Gasteiger partial charge on any atom is 0.246 e. The Bertz CT molecular complexity index is 590. The first-order chi connectivity index (χ1) is 9.88. The van der Waals surface area contributed by atoms with Crippen molar-refractivity contribution in [1.82, 2.24) is 4.31 Å². The van der Waals surface area contributed by atoms with E-state index < -0.39 is 10.0 Å². The Kier molecular flexibility index (Phi) is 4.91. The molecule has 1 fully saturated rings. The summed E-state index contributed by atoms with van der Waals surface area (Å²) in [7, 11) is -2.08. The lowest BCUT2D eigenvalue weighted by Crippen LogP contribution is -2.48. The number of hydrogen-bond donors (Lipinski definition) is 0. The summed E-state index contributed by atoms with van der Waals surface area (Å²) in [6.07, 6.45) is 0.565. The standard InChI is InChI=1S/C15H23NO4S/c1-5-13-6-7-14(19-4)15(8-13)21(17,18)16-9-11(2)20-12(3)10-16/h6-8,11-12H,5,9-10H2,1-4H3/t11-,12+. The SMILES string of the molecule is CCc1ccc(OC)c(S(=O)(=O)N2C[C@@H](C)O[C@@H](C)C2)c1. The first kappa shape index (κ1) is 16.3. The predicted molar refractivity (Wildman–Crippen MR) is 81.1 cm³/mol. The van der Waals surface area contributed by atoms with Crippen LogP contribution in [-0.4, -0.2) is 45.1 Å². The summed E-state index contributed by atoms with van der Waals surface area (Å²) in [6, 6.07) is 5.32. The zero-order valence-corrected chi connectivity index (χ0v) is 13.8. The number of rotatable bonds is 4. The third kappa shape index (κ3) is 3.39. The molecule has 0 aromatic heterocycles. The van der Waals surface area contributed by atoms with Crippen LogP contribution >= 0.6 is 0 Å². The zero-order chi connectivity index (χ0) is 15.6. The van der Waals surface area contributed by atoms with E-state index in [9.17, 15) is 8.42 Å². The Morgan fingerprint density at radius 1 is 1.29 bits per heavy atom. The van der Waals surface area contributed by atoms with Crippen LogP contribution < -0.4 is 4.74 Å². The molecule has 0 saturated carbocycles. The highest BCUT2D eigenvalue weighted by molar-refractivity contribution is 7.89. The Hall–Kier alpha value is -1.11. The molecule has 1 aliphatic heterocycles. The van der Waals surface area contributed by atoms with Crippen LogP contribution in [0, 0.1) is 0 Å². The topological polar surface area (TPSA) is 55.8 Å². The van der Waals surface area contributed by atoms with Gasteiger partial charge in [-0.25, -0.2) is 8.42 Å². The third-order valence-corrected chi connectivity index (χ3v) is 5.49. The maximum absolute atomic E-state index is 12.9. The van der Waals surface area contributed by atoms with Gasteiger partial charge in [0, 0.05) is 13.1 Å². The van der Waals surface area contributed by atoms with Crippen molar-refractivity contribution in [2.75, 3.05) is 20.2 Å². The highest BCUT2D eigenvalue weighted by Crippen LogP contribution is 2.29. The molecule has 2 atom stereocenters. The molecule has 0 amide bonds. The van der Waals surface area contributed by atoms with Crippen molar-refractivity contribution in [2.24, 2.45) is 0 Å². The van der Waals surface area contributed by atoms with Crippen molar-refractivity contribution in [3.63, 3.8) is 0 Å². The van der Waals surface area contributed by atoms with E-state index in [1.165, 1.54) is 11.4 Å². The van der Waals surface area contributed by atoms with Crippen LogP contribution in [0.5, 0.6) is 5.75 Å². The highest BCUT2D eigenvalue weighted by atomic mass is 32.2. The molecule has 2 rings (SSSR count). The minimum atomic E-state index is -3.57. The van der Waals surface area contributed by atoms with Crippen molar-refractivity contribution in [3.05, 3.63) is 23.8 Å². The van der Waals surface area contributed by atoms with Crippen molar-refractivity contribution >= 4 is 10.0 Å². The lowest BCUT2D eigenvalue weighted by atomic mass is 10.2. The minimum Gasteiger partial charge on any atom is -0.495 e. The van der Waals surface area contributed by atoms with Crippen LogP contribution in [0.3, 0.4) is 0 Å². The van der Waals surface area contributed by atoms with Crippen LogP contribution in [0.15, 0.2) is 23.1 Å². The van der Waals surface area contributed by atoms with Crippen molar-refractivity contribution in [1.29, 1.82) is 0 Å². The van der Waals surface area contributed by atoms with Crippen LogP contribution in [0.1, 0.15) is 26.3 Å². The lowest BCUT2D eigenvalue weighted by Gasteiger charge is -2.34. The monoisotopic (exact) mass is 313 g/mol. The number of ether oxygens (including phenoxy) is 2. The second-order valence-electron chi connectivity index (χ2n) is 5.42. The molecular weight excluding hydrogens is 290 g/mol. The molecule has 0 bridgehead atoms. The van der Waals surface area contributed by atoms with Crippen LogP contribution in [0.2, 0.25) is 0 Å². The normalized spacial score (nSPS) is 24.0. The predicted octanol–water partition coefficient (Wildman–Crippen LogP) is 2.06. The molecule has 0 unspecified atom stereocenters. The summed E-state index contributed by atoms with van der Waals surface area (Å²) in [5, 5.41) is 0. The average molecular weight is 313 g/mol. The number of benzene rings is 1. The van der Waals surface area contributed by atoms with E-state index in [1.807, 2.05) is 26.8 Å². The maximum atomic E-state index is 12.9. The van der Waals surface area contributed by atoms with Crippen LogP contribution in [-0.2, 0) is 21.2 Å². The fraction of sp³-hybridized carbons (Fsp3) is 0.600. The van der Waals surface area contributed by atoms with E-state index in [2.05, 4.69) is 0 Å². The summed E-state index contributed by atoms with van der Waals surface area (Å²) in [6.45, 7) is 6.51. The zero-order valence-electron chi connectivity index (χ0n) is 13.0. The van der Waals surface area contributed by atoms with E-state index in [1.54, 1.807) is 12.1 Å². The van der Waals surface area contributed by atoms with Gasteiger partial charge in [0.25, 0.3) is 0 Å². The number of sulfonamides is 1. The fourth-order valence-corrected chi connectivity index (χ4v) is 4.41. The molecule has 0 N–H and O–H groups in total. The van der Waals surface area contributed by atoms with Crippen LogP contribution in [0.25, 0.3) is 0 Å². The molecule has 1 aromatic carbocycles. The second kappa shape index (κ2) is 6.34. The van der Waals surface area contributed by atoms with Gasteiger partial charge in [-0.2, -0.15) is 4.31 Å². The van der Waals surface area contributed by atoms with E-state index in [-0.39, 0.29) is 17.1 Å². The van der Waals surface area contributed by atoms with Gasteiger partial charge in [0.2, 0.25) is 10.0 Å². The van der Waals surface area contributed by atoms with Gasteiger partial charge in [-0.3, -0.25) is 0 Å². The summed E-state index contributed by atoms with van der Waals surface area (Å²) in [4.78, 5) is 0.241. The van der Waals surface area contributed by atoms with Gasteiger partial charge in [-0.1, -0.05) is 13.0 Å². The molecule has 5 nitrogen and oxygen atoms in total. The van der Waals surface area contributed by atoms with Gasteiger partial charge < -0.3 is 9.47 Å². The number of hydrogen-bond acceptors (Lipinski definition) is 4. The molecule has 0 aliphatic carbocycles. The smallest absolute Gasteiger partial charge is 0.246 e. The minimum absolute atomic E-state index is 0.108. The number of morpholine rings is 1. The molecule has 1 heterocycles. The first-order valence-corrected chi connectivity index (χ1v) is 8.65. The summed E-state index contributed by atoms with van der Waals surface area (Å²) in [5.41, 5.74) is 0.976. The number of aryl methyl sites for hydroxylation is 1. The van der Waals surface area contributed by atoms with Gasteiger partial charge >= 0.3 is 0 Å². The summed E-state index contributed by atoms with van der Waals surface area (Å²) >= 11 is 0. The van der Waals surface area contributed by atoms with Gasteiger partial charge in [0.15, 0.2) is 0 Å². The average Bonchev–Trinajstić information content (AvgIpc) is 2.45. The number of nitrogens with zero attached hydrogens (tertiary/aromatic N) is 1. The molecule has 118 valence electrons. The molecule has 0 spiro atoms. The Balaban J connectivity index is 2.43. The van der Waals surface area contributed by atoms with Crippen molar-refractivity contribution in [2.45, 2.75) is 44.3 Å². The summed E-state index contributed by atoms with van der Waals surface area (Å²) in [5.74, 6) is 0.388.